The molecule has 0 atom stereocenters. The number of carbonyl (C=O) groups excluding carboxylic acids is 2. The Morgan fingerprint density at radius 2 is 2.11 bits per heavy atom. The molecule has 1 N–H and O–H groups in total. The number of benzene rings is 1. The molecule has 2 rings (SSSR count). The second-order valence-corrected chi connectivity index (χ2v) is 5.41. The molecule has 0 saturated carbocycles. The Morgan fingerprint density at radius 1 is 1.37 bits per heavy atom. The lowest BCUT2D eigenvalue weighted by atomic mass is 10.1. The van der Waals surface area contributed by atoms with E-state index >= 15 is 0 Å². The summed E-state index contributed by atoms with van der Waals surface area (Å²) in [6, 6.07) is 5.78. The van der Waals surface area contributed by atoms with Crippen LogP contribution in [0.3, 0.4) is 0 Å². The third-order valence-electron chi connectivity index (χ3n) is 3.24. The van der Waals surface area contributed by atoms with Crippen LogP contribution in [0.25, 0.3) is 0 Å². The minimum absolute atomic E-state index is 0.0160. The van der Waals surface area contributed by atoms with E-state index in [4.69, 9.17) is 0 Å². The molecule has 4 heteroatoms. The van der Waals surface area contributed by atoms with E-state index in [0.29, 0.717) is 12.3 Å². The lowest BCUT2D eigenvalue weighted by Crippen LogP contribution is -2.25. The molecule has 102 valence electrons. The second kappa shape index (κ2) is 5.43. The molecular weight excluding hydrogens is 240 g/mol. The monoisotopic (exact) mass is 260 g/mol. The average Bonchev–Trinajstić information content (AvgIpc) is 2.70. The van der Waals surface area contributed by atoms with Crippen LogP contribution >= 0.6 is 0 Å². The van der Waals surface area contributed by atoms with Crippen LogP contribution in [0.4, 0.5) is 11.4 Å². The highest BCUT2D eigenvalue weighted by Gasteiger charge is 2.22. The van der Waals surface area contributed by atoms with Crippen LogP contribution in [-0.2, 0) is 16.0 Å². The van der Waals surface area contributed by atoms with Gasteiger partial charge >= 0.3 is 0 Å². The van der Waals surface area contributed by atoms with Gasteiger partial charge in [0.25, 0.3) is 0 Å². The van der Waals surface area contributed by atoms with Crippen molar-refractivity contribution in [1.82, 2.24) is 0 Å². The van der Waals surface area contributed by atoms with Crippen molar-refractivity contribution in [3.8, 4) is 0 Å². The lowest BCUT2D eigenvalue weighted by molar-refractivity contribution is -0.117. The minimum Gasteiger partial charge on any atom is -0.326 e. The summed E-state index contributed by atoms with van der Waals surface area (Å²) in [6.07, 6.45) is 1.39. The van der Waals surface area contributed by atoms with Crippen molar-refractivity contribution in [3.05, 3.63) is 23.8 Å². The first kappa shape index (κ1) is 13.6. The molecule has 19 heavy (non-hydrogen) atoms. The van der Waals surface area contributed by atoms with Gasteiger partial charge in [0.2, 0.25) is 11.8 Å². The van der Waals surface area contributed by atoms with Gasteiger partial charge in [-0.05, 0) is 30.0 Å². The topological polar surface area (TPSA) is 49.4 Å². The van der Waals surface area contributed by atoms with Gasteiger partial charge in [0.05, 0.1) is 0 Å². The van der Waals surface area contributed by atoms with Gasteiger partial charge in [-0.3, -0.25) is 9.59 Å². The fourth-order valence-electron chi connectivity index (χ4n) is 2.37. The zero-order valence-corrected chi connectivity index (χ0v) is 11.7. The molecule has 0 saturated heterocycles. The van der Waals surface area contributed by atoms with Crippen molar-refractivity contribution in [2.24, 2.45) is 5.92 Å². The molecule has 4 nitrogen and oxygen atoms in total. The molecule has 1 aliphatic heterocycles. The largest absolute Gasteiger partial charge is 0.326 e. The SMILES string of the molecule is CC(=O)N1CCc2ccc(NC(=O)CC(C)C)cc21. The van der Waals surface area contributed by atoms with E-state index in [9.17, 15) is 9.59 Å². The Bertz CT molecular complexity index is 509. The first-order valence-corrected chi connectivity index (χ1v) is 6.68. The predicted molar refractivity (Wildman–Crippen MR) is 76.3 cm³/mol. The number of fused-ring (bicyclic) bond motifs is 1. The van der Waals surface area contributed by atoms with Crippen LogP contribution < -0.4 is 10.2 Å². The molecule has 0 aliphatic carbocycles. The summed E-state index contributed by atoms with van der Waals surface area (Å²) in [7, 11) is 0. The number of hydrogen-bond acceptors (Lipinski definition) is 2. The van der Waals surface area contributed by atoms with E-state index in [0.717, 1.165) is 29.9 Å². The summed E-state index contributed by atoms with van der Waals surface area (Å²) in [5.41, 5.74) is 2.85. The van der Waals surface area contributed by atoms with Crippen LogP contribution in [0.5, 0.6) is 0 Å². The maximum absolute atomic E-state index is 11.7. The third-order valence-corrected chi connectivity index (χ3v) is 3.24. The minimum atomic E-state index is 0.0160. The summed E-state index contributed by atoms with van der Waals surface area (Å²) in [4.78, 5) is 25.0. The first-order valence-electron chi connectivity index (χ1n) is 6.68. The third kappa shape index (κ3) is 3.13. The zero-order chi connectivity index (χ0) is 14.0. The number of nitrogens with zero attached hydrogens (tertiary/aromatic N) is 1. The van der Waals surface area contributed by atoms with Crippen LogP contribution in [0.15, 0.2) is 18.2 Å². The van der Waals surface area contributed by atoms with Gasteiger partial charge in [0.15, 0.2) is 0 Å². The van der Waals surface area contributed by atoms with Crippen molar-refractivity contribution in [1.29, 1.82) is 0 Å². The van der Waals surface area contributed by atoms with Crippen molar-refractivity contribution in [2.75, 3.05) is 16.8 Å². The molecule has 0 unspecified atom stereocenters. The van der Waals surface area contributed by atoms with Gasteiger partial charge in [0, 0.05) is 31.3 Å². The first-order chi connectivity index (χ1) is 8.97. The number of nitrogens with one attached hydrogen (secondary N) is 1. The highest BCUT2D eigenvalue weighted by atomic mass is 16.2. The van der Waals surface area contributed by atoms with Crippen LogP contribution in [0.2, 0.25) is 0 Å². The van der Waals surface area contributed by atoms with E-state index in [1.807, 2.05) is 32.0 Å². The van der Waals surface area contributed by atoms with Crippen molar-refractivity contribution in [3.63, 3.8) is 0 Å². The average molecular weight is 260 g/mol. The molecule has 1 aromatic rings. The molecule has 2 amide bonds. The quantitative estimate of drug-likeness (QED) is 0.908. The smallest absolute Gasteiger partial charge is 0.224 e. The number of anilines is 2. The number of rotatable bonds is 3. The Kier molecular flexibility index (Phi) is 3.88. The van der Waals surface area contributed by atoms with Crippen LogP contribution in [0, 0.1) is 5.92 Å². The Balaban J connectivity index is 2.15. The van der Waals surface area contributed by atoms with Crippen LogP contribution in [-0.4, -0.2) is 18.4 Å². The van der Waals surface area contributed by atoms with E-state index in [2.05, 4.69) is 5.32 Å². The molecule has 1 aliphatic rings. The molecular formula is C15H20N2O2. The molecule has 0 fully saturated rings. The standard InChI is InChI=1S/C15H20N2O2/c1-10(2)8-15(19)16-13-5-4-12-6-7-17(11(3)18)14(12)9-13/h4-5,9-10H,6-8H2,1-3H3,(H,16,19). The van der Waals surface area contributed by atoms with Gasteiger partial charge in [-0.2, -0.15) is 0 Å². The molecule has 0 spiro atoms. The van der Waals surface area contributed by atoms with Gasteiger partial charge in [-0.1, -0.05) is 19.9 Å². The van der Waals surface area contributed by atoms with Gasteiger partial charge in [0.1, 0.15) is 0 Å². The maximum atomic E-state index is 11.7. The fraction of sp³-hybridized carbons (Fsp3) is 0.467. The van der Waals surface area contributed by atoms with Crippen molar-refractivity contribution in [2.45, 2.75) is 33.6 Å². The zero-order valence-electron chi connectivity index (χ0n) is 11.7. The fourth-order valence-corrected chi connectivity index (χ4v) is 2.37. The maximum Gasteiger partial charge on any atom is 0.224 e. The Morgan fingerprint density at radius 3 is 2.74 bits per heavy atom. The highest BCUT2D eigenvalue weighted by molar-refractivity contribution is 5.96. The molecule has 1 aromatic carbocycles. The van der Waals surface area contributed by atoms with Gasteiger partial charge in [-0.25, -0.2) is 0 Å². The summed E-state index contributed by atoms with van der Waals surface area (Å²) in [5.74, 6) is 0.398. The Hall–Kier alpha value is -1.84. The molecule has 0 aromatic heterocycles. The number of hydrogen-bond donors (Lipinski definition) is 1. The van der Waals surface area contributed by atoms with Crippen molar-refractivity contribution >= 4 is 23.2 Å². The number of carbonyl (C=O) groups is 2. The number of amides is 2. The summed E-state index contributed by atoms with van der Waals surface area (Å²) in [6.45, 7) is 6.33. The summed E-state index contributed by atoms with van der Waals surface area (Å²) in [5, 5.41) is 2.89. The Labute approximate surface area is 113 Å². The normalized spacial score (nSPS) is 13.6. The molecule has 0 radical (unpaired) electrons. The van der Waals surface area contributed by atoms with Crippen LogP contribution in [0.1, 0.15) is 32.8 Å². The van der Waals surface area contributed by atoms with Gasteiger partial charge in [-0.15, -0.1) is 0 Å². The van der Waals surface area contributed by atoms with Gasteiger partial charge < -0.3 is 10.2 Å². The van der Waals surface area contributed by atoms with E-state index in [1.165, 1.54) is 0 Å². The predicted octanol–water partition coefficient (Wildman–Crippen LogP) is 2.58. The van der Waals surface area contributed by atoms with E-state index in [-0.39, 0.29) is 11.8 Å². The summed E-state index contributed by atoms with van der Waals surface area (Å²) < 4.78 is 0. The highest BCUT2D eigenvalue weighted by Crippen LogP contribution is 2.30. The van der Waals surface area contributed by atoms with E-state index < -0.39 is 0 Å². The van der Waals surface area contributed by atoms with Crippen molar-refractivity contribution < 1.29 is 9.59 Å². The lowest BCUT2D eigenvalue weighted by Gasteiger charge is -2.16. The molecule has 0 bridgehead atoms. The second-order valence-electron chi connectivity index (χ2n) is 5.41. The van der Waals surface area contributed by atoms with E-state index in [1.54, 1.807) is 11.8 Å². The molecule has 1 heterocycles. The summed E-state index contributed by atoms with van der Waals surface area (Å²) >= 11 is 0.